The standard InChI is InChI=1S/C19H19FN6O/c1-12-10-26-11-14(9-16(20)18(26)22-12)27-19-15-3-2-13(8-17(15)23-24-19)25-6-4-21-5-7-25/h2-3,8-11,21H,4-7H2,1H3,(H,23,24). The maximum absolute atomic E-state index is 14.3. The molecule has 2 N–H and O–H groups in total. The van der Waals surface area contributed by atoms with E-state index < -0.39 is 5.82 Å². The molecular formula is C19H19FN6O. The van der Waals surface area contributed by atoms with E-state index in [0.29, 0.717) is 11.6 Å². The minimum absolute atomic E-state index is 0.285. The Labute approximate surface area is 154 Å². The quantitative estimate of drug-likeness (QED) is 0.583. The molecule has 0 aliphatic carbocycles. The average molecular weight is 366 g/mol. The van der Waals surface area contributed by atoms with Gasteiger partial charge in [-0.25, -0.2) is 9.37 Å². The van der Waals surface area contributed by atoms with Crippen molar-refractivity contribution in [1.29, 1.82) is 0 Å². The van der Waals surface area contributed by atoms with Crippen molar-refractivity contribution in [2.24, 2.45) is 0 Å². The zero-order chi connectivity index (χ0) is 18.4. The van der Waals surface area contributed by atoms with Gasteiger partial charge >= 0.3 is 0 Å². The van der Waals surface area contributed by atoms with E-state index in [1.807, 2.05) is 13.0 Å². The summed E-state index contributed by atoms with van der Waals surface area (Å²) in [5.74, 6) is 0.367. The molecule has 0 bridgehead atoms. The maximum Gasteiger partial charge on any atom is 0.246 e. The molecule has 0 radical (unpaired) electrons. The van der Waals surface area contributed by atoms with E-state index in [1.54, 1.807) is 16.8 Å². The second-order valence-corrected chi connectivity index (χ2v) is 6.73. The molecule has 1 aliphatic rings. The van der Waals surface area contributed by atoms with Crippen LogP contribution in [0.4, 0.5) is 10.1 Å². The van der Waals surface area contributed by atoms with Crippen LogP contribution in [0.15, 0.2) is 36.7 Å². The van der Waals surface area contributed by atoms with Crippen LogP contribution >= 0.6 is 0 Å². The summed E-state index contributed by atoms with van der Waals surface area (Å²) >= 11 is 0. The largest absolute Gasteiger partial charge is 0.435 e. The third-order valence-corrected chi connectivity index (χ3v) is 4.81. The first-order valence-corrected chi connectivity index (χ1v) is 8.94. The number of aryl methyl sites for hydroxylation is 1. The van der Waals surface area contributed by atoms with E-state index in [2.05, 4.69) is 37.5 Å². The summed E-state index contributed by atoms with van der Waals surface area (Å²) in [6.07, 6.45) is 3.46. The number of hydrogen-bond donors (Lipinski definition) is 2. The van der Waals surface area contributed by atoms with Crippen molar-refractivity contribution in [2.45, 2.75) is 6.92 Å². The van der Waals surface area contributed by atoms with Crippen LogP contribution in [0.2, 0.25) is 0 Å². The predicted molar refractivity (Wildman–Crippen MR) is 101 cm³/mol. The highest BCUT2D eigenvalue weighted by molar-refractivity contribution is 5.87. The molecule has 138 valence electrons. The number of benzene rings is 1. The van der Waals surface area contributed by atoms with Gasteiger partial charge < -0.3 is 19.4 Å². The second-order valence-electron chi connectivity index (χ2n) is 6.73. The Morgan fingerprint density at radius 1 is 1.15 bits per heavy atom. The van der Waals surface area contributed by atoms with Gasteiger partial charge in [-0.3, -0.25) is 5.10 Å². The minimum atomic E-state index is -0.429. The third-order valence-electron chi connectivity index (χ3n) is 4.81. The van der Waals surface area contributed by atoms with Crippen LogP contribution < -0.4 is 15.0 Å². The smallest absolute Gasteiger partial charge is 0.246 e. The molecule has 1 saturated heterocycles. The molecule has 27 heavy (non-hydrogen) atoms. The van der Waals surface area contributed by atoms with Gasteiger partial charge in [0.1, 0.15) is 5.75 Å². The fraction of sp³-hybridized carbons (Fsp3) is 0.263. The number of halogens is 1. The van der Waals surface area contributed by atoms with Crippen molar-refractivity contribution >= 4 is 22.2 Å². The van der Waals surface area contributed by atoms with Gasteiger partial charge in [0, 0.05) is 44.1 Å². The van der Waals surface area contributed by atoms with Crippen molar-refractivity contribution in [3.05, 3.63) is 48.2 Å². The maximum atomic E-state index is 14.3. The van der Waals surface area contributed by atoms with Crippen LogP contribution in [-0.4, -0.2) is 45.8 Å². The number of anilines is 1. The Kier molecular flexibility index (Phi) is 3.71. The molecule has 1 fully saturated rings. The Morgan fingerprint density at radius 3 is 2.85 bits per heavy atom. The molecular weight excluding hydrogens is 347 g/mol. The van der Waals surface area contributed by atoms with Crippen molar-refractivity contribution < 1.29 is 9.13 Å². The number of hydrogen-bond acceptors (Lipinski definition) is 5. The number of aromatic amines is 1. The van der Waals surface area contributed by atoms with E-state index >= 15 is 0 Å². The van der Waals surface area contributed by atoms with E-state index in [-0.39, 0.29) is 5.65 Å². The number of nitrogens with zero attached hydrogens (tertiary/aromatic N) is 4. The van der Waals surface area contributed by atoms with E-state index in [4.69, 9.17) is 4.74 Å². The topological polar surface area (TPSA) is 70.5 Å². The average Bonchev–Trinajstić information content (AvgIpc) is 3.25. The summed E-state index contributed by atoms with van der Waals surface area (Å²) in [6, 6.07) is 7.46. The zero-order valence-corrected chi connectivity index (χ0v) is 14.9. The summed E-state index contributed by atoms with van der Waals surface area (Å²) < 4.78 is 21.7. The van der Waals surface area contributed by atoms with Crippen LogP contribution in [0.1, 0.15) is 5.69 Å². The lowest BCUT2D eigenvalue weighted by atomic mass is 10.2. The van der Waals surface area contributed by atoms with Gasteiger partial charge in [-0.2, -0.15) is 0 Å². The predicted octanol–water partition coefficient (Wildman–Crippen LogP) is 2.86. The molecule has 4 heterocycles. The molecule has 7 nitrogen and oxygen atoms in total. The van der Waals surface area contributed by atoms with Crippen LogP contribution in [0.5, 0.6) is 11.6 Å². The molecule has 3 aromatic heterocycles. The lowest BCUT2D eigenvalue weighted by Crippen LogP contribution is -2.43. The van der Waals surface area contributed by atoms with Gasteiger partial charge in [0.05, 0.1) is 22.8 Å². The highest BCUT2D eigenvalue weighted by Gasteiger charge is 2.15. The van der Waals surface area contributed by atoms with Gasteiger partial charge in [0.15, 0.2) is 11.5 Å². The highest BCUT2D eigenvalue weighted by Crippen LogP contribution is 2.31. The molecule has 0 saturated carbocycles. The number of pyridine rings is 1. The van der Waals surface area contributed by atoms with Gasteiger partial charge in [-0.05, 0) is 25.1 Å². The lowest BCUT2D eigenvalue weighted by molar-refractivity contribution is 0.458. The number of fused-ring (bicyclic) bond motifs is 2. The summed E-state index contributed by atoms with van der Waals surface area (Å²) in [6.45, 7) is 5.75. The number of aromatic nitrogens is 4. The van der Waals surface area contributed by atoms with Crippen molar-refractivity contribution in [1.82, 2.24) is 24.9 Å². The number of rotatable bonds is 3. The number of nitrogens with one attached hydrogen (secondary N) is 2. The molecule has 0 atom stereocenters. The van der Waals surface area contributed by atoms with Crippen molar-refractivity contribution in [2.75, 3.05) is 31.1 Å². The lowest BCUT2D eigenvalue weighted by Gasteiger charge is -2.29. The SMILES string of the molecule is Cc1cn2cc(Oc3n[nH]c4cc(N5CCNCC5)ccc34)cc(F)c2n1. The molecule has 1 aromatic carbocycles. The molecule has 1 aliphatic heterocycles. The fourth-order valence-corrected chi connectivity index (χ4v) is 3.50. The normalized spacial score (nSPS) is 15.0. The Hall–Kier alpha value is -3.13. The van der Waals surface area contributed by atoms with Crippen molar-refractivity contribution in [3.8, 4) is 11.6 Å². The van der Waals surface area contributed by atoms with Crippen molar-refractivity contribution in [3.63, 3.8) is 0 Å². The molecule has 8 heteroatoms. The zero-order valence-electron chi connectivity index (χ0n) is 14.9. The number of imidazole rings is 1. The first kappa shape index (κ1) is 16.1. The summed E-state index contributed by atoms with van der Waals surface area (Å²) in [5.41, 5.74) is 3.07. The first-order chi connectivity index (χ1) is 13.2. The fourth-order valence-electron chi connectivity index (χ4n) is 3.50. The van der Waals surface area contributed by atoms with E-state index in [0.717, 1.165) is 48.5 Å². The van der Waals surface area contributed by atoms with Crippen LogP contribution in [0, 0.1) is 12.7 Å². The van der Waals surface area contributed by atoms with Gasteiger partial charge in [-0.1, -0.05) is 0 Å². The molecule has 0 unspecified atom stereocenters. The van der Waals surface area contributed by atoms with E-state index in [9.17, 15) is 4.39 Å². The van der Waals surface area contributed by atoms with Crippen LogP contribution in [0.3, 0.4) is 0 Å². The summed E-state index contributed by atoms with van der Waals surface area (Å²) in [5, 5.41) is 11.5. The van der Waals surface area contributed by atoms with Crippen LogP contribution in [-0.2, 0) is 0 Å². The molecule has 4 aromatic rings. The molecule has 5 rings (SSSR count). The van der Waals surface area contributed by atoms with Crippen LogP contribution in [0.25, 0.3) is 16.6 Å². The Balaban J connectivity index is 1.46. The molecule has 0 amide bonds. The first-order valence-electron chi connectivity index (χ1n) is 8.94. The summed E-state index contributed by atoms with van der Waals surface area (Å²) in [4.78, 5) is 6.49. The number of H-pyrrole nitrogens is 1. The summed E-state index contributed by atoms with van der Waals surface area (Å²) in [7, 11) is 0. The minimum Gasteiger partial charge on any atom is -0.435 e. The van der Waals surface area contributed by atoms with Gasteiger partial charge in [0.25, 0.3) is 0 Å². The molecule has 0 spiro atoms. The number of piperazine rings is 1. The third kappa shape index (κ3) is 2.87. The monoisotopic (exact) mass is 366 g/mol. The Morgan fingerprint density at radius 2 is 2.00 bits per heavy atom. The second kappa shape index (κ2) is 6.24. The number of ether oxygens (including phenoxy) is 1. The van der Waals surface area contributed by atoms with Gasteiger partial charge in [-0.15, -0.1) is 5.10 Å². The highest BCUT2D eigenvalue weighted by atomic mass is 19.1. The van der Waals surface area contributed by atoms with Gasteiger partial charge in [0.2, 0.25) is 5.88 Å². The Bertz CT molecular complexity index is 1130. The van der Waals surface area contributed by atoms with E-state index in [1.165, 1.54) is 6.07 Å².